The average molecular weight is 407 g/mol. The Morgan fingerprint density at radius 2 is 1.86 bits per heavy atom. The molecule has 3 heterocycles. The van der Waals surface area contributed by atoms with Gasteiger partial charge >= 0.3 is 0 Å². The van der Waals surface area contributed by atoms with Gasteiger partial charge in [0.05, 0.1) is 11.4 Å². The fraction of sp³-hybridized carbons (Fsp3) is 0.304. The second-order valence-corrected chi connectivity index (χ2v) is 8.34. The Bertz CT molecular complexity index is 1140. The van der Waals surface area contributed by atoms with Gasteiger partial charge in [-0.25, -0.2) is 14.4 Å². The van der Waals surface area contributed by atoms with Gasteiger partial charge in [-0.3, -0.25) is 0 Å². The Labute approximate surface area is 173 Å². The molecule has 6 heteroatoms. The van der Waals surface area contributed by atoms with Crippen molar-refractivity contribution in [2.24, 2.45) is 0 Å². The number of nitrogens with zero attached hydrogens (tertiary/aromatic N) is 3. The first kappa shape index (κ1) is 18.4. The number of H-pyrrole nitrogens is 1. The van der Waals surface area contributed by atoms with Crippen LogP contribution in [0.1, 0.15) is 38.1 Å². The second kappa shape index (κ2) is 7.67. The molecule has 29 heavy (non-hydrogen) atoms. The number of thioether (sulfide) groups is 1. The molecule has 0 aliphatic heterocycles. The molecule has 1 aliphatic rings. The van der Waals surface area contributed by atoms with Crippen LogP contribution in [-0.2, 0) is 0 Å². The molecule has 0 saturated heterocycles. The summed E-state index contributed by atoms with van der Waals surface area (Å²) in [5, 5.41) is 2.10. The van der Waals surface area contributed by atoms with Crippen molar-refractivity contribution in [2.75, 3.05) is 6.26 Å². The van der Waals surface area contributed by atoms with Gasteiger partial charge < -0.3 is 9.55 Å². The molecule has 0 bridgehead atoms. The third-order valence-electron chi connectivity index (χ3n) is 5.83. The van der Waals surface area contributed by atoms with Crippen molar-refractivity contribution in [2.45, 2.75) is 43.3 Å². The Kier molecular flexibility index (Phi) is 4.87. The van der Waals surface area contributed by atoms with Gasteiger partial charge in [0.1, 0.15) is 11.5 Å². The normalized spacial score (nSPS) is 15.2. The van der Waals surface area contributed by atoms with Crippen LogP contribution in [0.25, 0.3) is 33.5 Å². The molecule has 4 nitrogen and oxygen atoms in total. The topological polar surface area (TPSA) is 46.5 Å². The van der Waals surface area contributed by atoms with E-state index in [0.29, 0.717) is 6.04 Å². The summed E-state index contributed by atoms with van der Waals surface area (Å²) in [6.45, 7) is 0. The van der Waals surface area contributed by atoms with E-state index in [1.165, 1.54) is 44.2 Å². The number of aromatic nitrogens is 4. The summed E-state index contributed by atoms with van der Waals surface area (Å²) in [7, 11) is 0. The van der Waals surface area contributed by atoms with Crippen molar-refractivity contribution >= 4 is 22.8 Å². The van der Waals surface area contributed by atoms with Crippen LogP contribution >= 0.6 is 11.8 Å². The molecule has 5 rings (SSSR count). The monoisotopic (exact) mass is 406 g/mol. The molecule has 0 amide bonds. The molecule has 1 fully saturated rings. The smallest absolute Gasteiger partial charge is 0.169 e. The molecule has 0 spiro atoms. The lowest BCUT2D eigenvalue weighted by molar-refractivity contribution is 0.339. The van der Waals surface area contributed by atoms with E-state index >= 15 is 0 Å². The van der Waals surface area contributed by atoms with Crippen LogP contribution in [0, 0.1) is 5.82 Å². The third-order valence-corrected chi connectivity index (χ3v) is 6.49. The van der Waals surface area contributed by atoms with Crippen LogP contribution in [0.3, 0.4) is 0 Å². The van der Waals surface area contributed by atoms with Gasteiger partial charge in [0.2, 0.25) is 0 Å². The van der Waals surface area contributed by atoms with E-state index in [1.807, 2.05) is 24.5 Å². The fourth-order valence-electron chi connectivity index (χ4n) is 4.47. The highest BCUT2D eigenvalue weighted by Gasteiger charge is 2.27. The first-order valence-corrected chi connectivity index (χ1v) is 11.3. The number of benzene rings is 1. The zero-order valence-corrected chi connectivity index (χ0v) is 17.2. The zero-order chi connectivity index (χ0) is 19.8. The molecule has 0 radical (unpaired) electrons. The van der Waals surface area contributed by atoms with Crippen molar-refractivity contribution in [3.05, 3.63) is 54.6 Å². The summed E-state index contributed by atoms with van der Waals surface area (Å²) in [4.78, 5) is 12.7. The summed E-state index contributed by atoms with van der Waals surface area (Å²) in [5.41, 5.74) is 4.95. The largest absolute Gasteiger partial charge is 0.346 e. The number of fused-ring (bicyclic) bond motifs is 1. The van der Waals surface area contributed by atoms with Crippen LogP contribution in [-0.4, -0.2) is 25.8 Å². The van der Waals surface area contributed by atoms with Gasteiger partial charge in [0.25, 0.3) is 0 Å². The lowest BCUT2D eigenvalue weighted by Gasteiger charge is -2.27. The molecule has 1 N–H and O–H groups in total. The van der Waals surface area contributed by atoms with Gasteiger partial charge in [0.15, 0.2) is 5.16 Å². The van der Waals surface area contributed by atoms with E-state index in [1.54, 1.807) is 11.8 Å². The summed E-state index contributed by atoms with van der Waals surface area (Å²) in [5.74, 6) is -0.232. The second-order valence-electron chi connectivity index (χ2n) is 7.56. The van der Waals surface area contributed by atoms with Crippen molar-refractivity contribution in [1.82, 2.24) is 19.5 Å². The van der Waals surface area contributed by atoms with E-state index < -0.39 is 0 Å². The van der Waals surface area contributed by atoms with Gasteiger partial charge in [-0.15, -0.1) is 0 Å². The number of rotatable bonds is 4. The van der Waals surface area contributed by atoms with Crippen molar-refractivity contribution in [3.63, 3.8) is 0 Å². The number of nitrogens with one attached hydrogen (secondary N) is 1. The van der Waals surface area contributed by atoms with E-state index in [9.17, 15) is 4.39 Å². The average Bonchev–Trinajstić information content (AvgIpc) is 3.39. The number of pyridine rings is 1. The lowest BCUT2D eigenvalue weighted by Crippen LogP contribution is -2.15. The minimum Gasteiger partial charge on any atom is -0.346 e. The quantitative estimate of drug-likeness (QED) is 0.396. The van der Waals surface area contributed by atoms with Gasteiger partial charge in [-0.2, -0.15) is 0 Å². The highest BCUT2D eigenvalue weighted by Crippen LogP contribution is 2.43. The van der Waals surface area contributed by atoms with Gasteiger partial charge in [-0.05, 0) is 55.5 Å². The maximum Gasteiger partial charge on any atom is 0.169 e. The predicted octanol–water partition coefficient (Wildman–Crippen LogP) is 6.46. The molecular formula is C23H23FN4S. The minimum absolute atomic E-state index is 0.232. The first-order chi connectivity index (χ1) is 14.3. The van der Waals surface area contributed by atoms with Crippen molar-refractivity contribution in [3.8, 4) is 22.5 Å². The van der Waals surface area contributed by atoms with Gasteiger partial charge in [-0.1, -0.05) is 31.0 Å². The summed E-state index contributed by atoms with van der Waals surface area (Å²) < 4.78 is 16.0. The predicted molar refractivity (Wildman–Crippen MR) is 117 cm³/mol. The molecule has 0 unspecified atom stereocenters. The van der Waals surface area contributed by atoms with Crippen LogP contribution in [0.4, 0.5) is 4.39 Å². The number of halogens is 1. The lowest BCUT2D eigenvalue weighted by atomic mass is 9.94. The Hall–Kier alpha value is -2.60. The standard InChI is InChI=1S/C23H23FN4S/c1-29-23-27-20(15-7-9-16(24)10-8-15)21(28(23)17-5-3-2-4-6-17)18-11-13-25-22-19(18)12-14-26-22/h7-14,17H,2-6H2,1H3,(H,25,26). The maximum atomic E-state index is 13.6. The third kappa shape index (κ3) is 3.25. The molecule has 0 atom stereocenters. The summed E-state index contributed by atoms with van der Waals surface area (Å²) in [6.07, 6.45) is 12.0. The molecule has 4 aromatic rings. The van der Waals surface area contributed by atoms with Crippen LogP contribution in [0.15, 0.2) is 53.9 Å². The maximum absolute atomic E-state index is 13.6. The van der Waals surface area contributed by atoms with Crippen LogP contribution in [0.5, 0.6) is 0 Å². The molecule has 3 aromatic heterocycles. The first-order valence-electron chi connectivity index (χ1n) is 10.1. The number of hydrogen-bond acceptors (Lipinski definition) is 3. The molecular weight excluding hydrogens is 383 g/mol. The Morgan fingerprint density at radius 1 is 1.07 bits per heavy atom. The zero-order valence-electron chi connectivity index (χ0n) is 16.4. The molecule has 148 valence electrons. The molecule has 1 saturated carbocycles. The molecule has 1 aliphatic carbocycles. The molecule has 1 aromatic carbocycles. The van der Waals surface area contributed by atoms with Gasteiger partial charge in [0, 0.05) is 34.9 Å². The van der Waals surface area contributed by atoms with Crippen molar-refractivity contribution < 1.29 is 4.39 Å². The van der Waals surface area contributed by atoms with Crippen LogP contribution in [0.2, 0.25) is 0 Å². The fourth-order valence-corrected chi connectivity index (χ4v) is 5.09. The number of aromatic amines is 1. The number of hydrogen-bond donors (Lipinski definition) is 1. The Morgan fingerprint density at radius 3 is 2.62 bits per heavy atom. The van der Waals surface area contributed by atoms with Crippen LogP contribution < -0.4 is 0 Å². The highest BCUT2D eigenvalue weighted by atomic mass is 32.2. The summed E-state index contributed by atoms with van der Waals surface area (Å²) in [6, 6.07) is 11.3. The minimum atomic E-state index is -0.232. The number of imidazole rings is 1. The highest BCUT2D eigenvalue weighted by molar-refractivity contribution is 7.98. The van der Waals surface area contributed by atoms with Crippen molar-refractivity contribution in [1.29, 1.82) is 0 Å². The van der Waals surface area contributed by atoms with E-state index in [-0.39, 0.29) is 5.82 Å². The van der Waals surface area contributed by atoms with E-state index in [2.05, 4.69) is 32.9 Å². The van der Waals surface area contributed by atoms with E-state index in [0.717, 1.165) is 38.7 Å². The Balaban J connectivity index is 1.80. The summed E-state index contributed by atoms with van der Waals surface area (Å²) >= 11 is 1.68. The SMILES string of the molecule is CSc1nc(-c2ccc(F)cc2)c(-c2ccnc3[nH]ccc23)n1C1CCCCC1. The van der Waals surface area contributed by atoms with E-state index in [4.69, 9.17) is 4.98 Å².